The van der Waals surface area contributed by atoms with E-state index < -0.39 is 0 Å². The van der Waals surface area contributed by atoms with Crippen LogP contribution in [0.3, 0.4) is 0 Å². The van der Waals surface area contributed by atoms with Gasteiger partial charge < -0.3 is 9.64 Å². The first-order valence-electron chi connectivity index (χ1n) is 10.0. The van der Waals surface area contributed by atoms with Crippen molar-refractivity contribution in [1.82, 2.24) is 14.7 Å². The van der Waals surface area contributed by atoms with E-state index in [9.17, 15) is 9.59 Å². The topological polar surface area (TPSA) is 53.1 Å². The number of rotatable bonds is 5. The standard InChI is InChI=1S/C21H31N3O3/c1-3-27-21(26)24-12-10-23(11-13-24)20-8-5-9-22(16-20)15-18-6-4-7-19(14-18)17(2)25/h4,6-7,14,20H,3,5,8-13,15-16H2,1-2H3/t20-/m0/s1. The van der Waals surface area contributed by atoms with Gasteiger partial charge >= 0.3 is 6.09 Å². The van der Waals surface area contributed by atoms with Crippen LogP contribution in [0, 0.1) is 0 Å². The molecule has 2 aliphatic rings. The van der Waals surface area contributed by atoms with Gasteiger partial charge in [0.25, 0.3) is 0 Å². The first-order valence-corrected chi connectivity index (χ1v) is 10.0. The molecule has 1 aromatic rings. The van der Waals surface area contributed by atoms with Crippen LogP contribution in [0.1, 0.15) is 42.6 Å². The largest absolute Gasteiger partial charge is 0.450 e. The number of piperidine rings is 1. The van der Waals surface area contributed by atoms with Crippen LogP contribution in [-0.2, 0) is 11.3 Å². The summed E-state index contributed by atoms with van der Waals surface area (Å²) in [7, 11) is 0. The maximum atomic E-state index is 11.9. The van der Waals surface area contributed by atoms with Crippen LogP contribution in [0.5, 0.6) is 0 Å². The number of amides is 1. The number of ether oxygens (including phenoxy) is 1. The second kappa shape index (κ2) is 9.33. The summed E-state index contributed by atoms with van der Waals surface area (Å²) >= 11 is 0. The Morgan fingerprint density at radius 1 is 1.15 bits per heavy atom. The van der Waals surface area contributed by atoms with Gasteiger partial charge in [0.05, 0.1) is 6.61 Å². The Balaban J connectivity index is 1.52. The fourth-order valence-electron chi connectivity index (χ4n) is 4.10. The quantitative estimate of drug-likeness (QED) is 0.743. The molecule has 0 N–H and O–H groups in total. The first kappa shape index (κ1) is 19.8. The van der Waals surface area contributed by atoms with E-state index in [1.807, 2.05) is 30.0 Å². The van der Waals surface area contributed by atoms with Crippen molar-refractivity contribution in [2.45, 2.75) is 39.3 Å². The van der Waals surface area contributed by atoms with Gasteiger partial charge in [-0.05, 0) is 44.9 Å². The van der Waals surface area contributed by atoms with Gasteiger partial charge in [0.15, 0.2) is 5.78 Å². The molecular formula is C21H31N3O3. The fraction of sp³-hybridized carbons (Fsp3) is 0.619. The van der Waals surface area contributed by atoms with Gasteiger partial charge in [0.1, 0.15) is 0 Å². The Morgan fingerprint density at radius 3 is 2.63 bits per heavy atom. The lowest BCUT2D eigenvalue weighted by atomic mass is 10.0. The van der Waals surface area contributed by atoms with Crippen molar-refractivity contribution < 1.29 is 14.3 Å². The third-order valence-corrected chi connectivity index (χ3v) is 5.58. The number of likely N-dealkylation sites (tertiary alicyclic amines) is 1. The molecule has 0 spiro atoms. The lowest BCUT2D eigenvalue weighted by Crippen LogP contribution is -2.55. The van der Waals surface area contributed by atoms with Crippen molar-refractivity contribution in [2.75, 3.05) is 45.9 Å². The van der Waals surface area contributed by atoms with E-state index in [0.29, 0.717) is 12.6 Å². The molecule has 0 bridgehead atoms. The maximum Gasteiger partial charge on any atom is 0.409 e. The second-order valence-corrected chi connectivity index (χ2v) is 7.51. The van der Waals surface area contributed by atoms with Gasteiger partial charge in [0, 0.05) is 50.9 Å². The van der Waals surface area contributed by atoms with E-state index >= 15 is 0 Å². The number of carbonyl (C=O) groups is 2. The van der Waals surface area contributed by atoms with E-state index in [2.05, 4.69) is 15.9 Å². The SMILES string of the molecule is CCOC(=O)N1CCN([C@H]2CCCN(Cc3cccc(C(C)=O)c3)C2)CC1. The summed E-state index contributed by atoms with van der Waals surface area (Å²) < 4.78 is 5.11. The number of hydrogen-bond donors (Lipinski definition) is 0. The molecule has 2 fully saturated rings. The van der Waals surface area contributed by atoms with E-state index in [4.69, 9.17) is 4.74 Å². The normalized spacial score (nSPS) is 21.9. The molecular weight excluding hydrogens is 342 g/mol. The smallest absolute Gasteiger partial charge is 0.409 e. The van der Waals surface area contributed by atoms with Crippen molar-refractivity contribution in [2.24, 2.45) is 0 Å². The van der Waals surface area contributed by atoms with Gasteiger partial charge in [-0.25, -0.2) is 4.79 Å². The molecule has 6 heteroatoms. The zero-order valence-corrected chi connectivity index (χ0v) is 16.5. The molecule has 27 heavy (non-hydrogen) atoms. The average Bonchev–Trinajstić information content (AvgIpc) is 2.69. The Morgan fingerprint density at radius 2 is 1.93 bits per heavy atom. The minimum Gasteiger partial charge on any atom is -0.450 e. The molecule has 0 aliphatic carbocycles. The lowest BCUT2D eigenvalue weighted by molar-refractivity contribution is 0.0412. The van der Waals surface area contributed by atoms with Gasteiger partial charge in [-0.15, -0.1) is 0 Å². The van der Waals surface area contributed by atoms with Crippen LogP contribution in [0.15, 0.2) is 24.3 Å². The Labute approximate surface area is 162 Å². The van der Waals surface area contributed by atoms with E-state index in [-0.39, 0.29) is 11.9 Å². The average molecular weight is 373 g/mol. The van der Waals surface area contributed by atoms with Gasteiger partial charge in [-0.1, -0.05) is 18.2 Å². The molecule has 1 atom stereocenters. The van der Waals surface area contributed by atoms with E-state index in [0.717, 1.165) is 51.4 Å². The highest BCUT2D eigenvalue weighted by atomic mass is 16.6. The van der Waals surface area contributed by atoms with Crippen LogP contribution in [0.25, 0.3) is 0 Å². The van der Waals surface area contributed by atoms with Crippen LogP contribution in [0.2, 0.25) is 0 Å². The molecule has 148 valence electrons. The molecule has 2 saturated heterocycles. The predicted octanol–water partition coefficient (Wildman–Crippen LogP) is 2.63. The molecule has 2 heterocycles. The van der Waals surface area contributed by atoms with Crippen molar-refractivity contribution in [3.05, 3.63) is 35.4 Å². The monoisotopic (exact) mass is 373 g/mol. The van der Waals surface area contributed by atoms with Crippen molar-refractivity contribution >= 4 is 11.9 Å². The molecule has 6 nitrogen and oxygen atoms in total. The molecule has 1 aromatic carbocycles. The molecule has 0 aromatic heterocycles. The highest BCUT2D eigenvalue weighted by Gasteiger charge is 2.29. The zero-order valence-electron chi connectivity index (χ0n) is 16.5. The summed E-state index contributed by atoms with van der Waals surface area (Å²) in [5.41, 5.74) is 1.99. The molecule has 3 rings (SSSR count). The van der Waals surface area contributed by atoms with E-state index in [1.54, 1.807) is 6.92 Å². The maximum absolute atomic E-state index is 11.9. The summed E-state index contributed by atoms with van der Waals surface area (Å²) in [6.45, 7) is 10.2. The predicted molar refractivity (Wildman–Crippen MR) is 105 cm³/mol. The zero-order chi connectivity index (χ0) is 19.2. The minimum atomic E-state index is -0.187. The fourth-order valence-corrected chi connectivity index (χ4v) is 4.10. The van der Waals surface area contributed by atoms with Crippen molar-refractivity contribution in [3.8, 4) is 0 Å². The number of piperazine rings is 1. The number of hydrogen-bond acceptors (Lipinski definition) is 5. The Bertz CT molecular complexity index is 656. The highest BCUT2D eigenvalue weighted by Crippen LogP contribution is 2.20. The van der Waals surface area contributed by atoms with Gasteiger partial charge in [-0.3, -0.25) is 14.6 Å². The summed E-state index contributed by atoms with van der Waals surface area (Å²) in [5, 5.41) is 0. The van der Waals surface area contributed by atoms with Crippen LogP contribution >= 0.6 is 0 Å². The lowest BCUT2D eigenvalue weighted by Gasteiger charge is -2.43. The Kier molecular flexibility index (Phi) is 6.85. The molecule has 0 radical (unpaired) electrons. The number of Topliss-reactive ketones (excluding diaryl/α,β-unsaturated/α-hetero) is 1. The van der Waals surface area contributed by atoms with Crippen molar-refractivity contribution in [1.29, 1.82) is 0 Å². The summed E-state index contributed by atoms with van der Waals surface area (Å²) in [5.74, 6) is 0.118. The molecule has 1 amide bonds. The summed E-state index contributed by atoms with van der Waals surface area (Å²) in [6.07, 6.45) is 2.21. The number of ketones is 1. The van der Waals surface area contributed by atoms with Crippen LogP contribution < -0.4 is 0 Å². The Hall–Kier alpha value is -1.92. The highest BCUT2D eigenvalue weighted by molar-refractivity contribution is 5.94. The summed E-state index contributed by atoms with van der Waals surface area (Å²) in [6, 6.07) is 8.52. The number of carbonyl (C=O) groups excluding carboxylic acids is 2. The third kappa shape index (κ3) is 5.30. The second-order valence-electron chi connectivity index (χ2n) is 7.51. The van der Waals surface area contributed by atoms with Crippen molar-refractivity contribution in [3.63, 3.8) is 0 Å². The van der Waals surface area contributed by atoms with Gasteiger partial charge in [0.2, 0.25) is 0 Å². The molecule has 0 saturated carbocycles. The van der Waals surface area contributed by atoms with Crippen LogP contribution in [0.4, 0.5) is 4.79 Å². The molecule has 2 aliphatic heterocycles. The van der Waals surface area contributed by atoms with E-state index in [1.165, 1.54) is 18.4 Å². The third-order valence-electron chi connectivity index (χ3n) is 5.58. The summed E-state index contributed by atoms with van der Waals surface area (Å²) in [4.78, 5) is 30.3. The van der Waals surface area contributed by atoms with Gasteiger partial charge in [-0.2, -0.15) is 0 Å². The molecule has 0 unspecified atom stereocenters. The minimum absolute atomic E-state index is 0.118. The number of benzene rings is 1. The first-order chi connectivity index (χ1) is 13.1. The van der Waals surface area contributed by atoms with Crippen LogP contribution in [-0.4, -0.2) is 78.5 Å². The number of nitrogens with zero attached hydrogens (tertiary/aromatic N) is 3.